The van der Waals surface area contributed by atoms with Crippen LogP contribution in [0.3, 0.4) is 0 Å². The normalized spacial score (nSPS) is 12.6. The van der Waals surface area contributed by atoms with E-state index in [9.17, 15) is 0 Å². The van der Waals surface area contributed by atoms with Crippen LogP contribution in [-0.2, 0) is 6.42 Å². The van der Waals surface area contributed by atoms with Crippen molar-refractivity contribution in [3.63, 3.8) is 0 Å². The first kappa shape index (κ1) is 14.6. The summed E-state index contributed by atoms with van der Waals surface area (Å²) >= 11 is 6.02. The second-order valence-corrected chi connectivity index (χ2v) is 4.89. The van der Waals surface area contributed by atoms with Gasteiger partial charge >= 0.3 is 0 Å². The Morgan fingerprint density at radius 1 is 1.22 bits per heavy atom. The molecule has 0 atom stereocenters. The number of benzene rings is 1. The fourth-order valence-corrected chi connectivity index (χ4v) is 1.49. The van der Waals surface area contributed by atoms with Crippen molar-refractivity contribution in [2.75, 3.05) is 14.1 Å². The molecule has 0 saturated heterocycles. The minimum Gasteiger partial charge on any atom is -0.383 e. The average molecular weight is 262 g/mol. The topological polar surface area (TPSA) is 3.24 Å². The van der Waals surface area contributed by atoms with Crippen LogP contribution in [0.25, 0.3) is 0 Å². The number of aryl methyl sites for hydroxylation is 1. The van der Waals surface area contributed by atoms with Crippen molar-refractivity contribution in [1.82, 2.24) is 4.90 Å². The van der Waals surface area contributed by atoms with Crippen molar-refractivity contribution < 1.29 is 0 Å². The second kappa shape index (κ2) is 7.78. The first-order valence-electron chi connectivity index (χ1n) is 6.00. The fraction of sp³-hybridized carbons (Fsp3) is 0.250. The number of nitrogens with zero attached hydrogens (tertiary/aromatic N) is 1. The lowest BCUT2D eigenvalue weighted by atomic mass is 10.1. The van der Waals surface area contributed by atoms with Gasteiger partial charge in [-0.2, -0.15) is 0 Å². The van der Waals surface area contributed by atoms with Crippen LogP contribution in [0, 0.1) is 6.92 Å². The van der Waals surface area contributed by atoms with Crippen molar-refractivity contribution in [2.45, 2.75) is 13.3 Å². The monoisotopic (exact) mass is 261 g/mol. The van der Waals surface area contributed by atoms with Crippen LogP contribution < -0.4 is 0 Å². The average Bonchev–Trinajstić information content (AvgIpc) is 2.34. The molecule has 1 rings (SSSR count). The first-order valence-corrected chi connectivity index (χ1v) is 6.38. The molecule has 0 bridgehead atoms. The minimum absolute atomic E-state index is 0.726. The third kappa shape index (κ3) is 6.31. The van der Waals surface area contributed by atoms with Crippen molar-refractivity contribution in [1.29, 1.82) is 0 Å². The number of allylic oxidation sites excluding steroid dienone is 5. The van der Waals surface area contributed by atoms with Gasteiger partial charge in [0.15, 0.2) is 0 Å². The van der Waals surface area contributed by atoms with E-state index in [2.05, 4.69) is 37.3 Å². The van der Waals surface area contributed by atoms with Crippen LogP contribution in [-0.4, -0.2) is 19.0 Å². The molecule has 0 aliphatic carbocycles. The lowest BCUT2D eigenvalue weighted by Gasteiger charge is -2.01. The maximum absolute atomic E-state index is 6.02. The quantitative estimate of drug-likeness (QED) is 0.715. The molecule has 0 unspecified atom stereocenters. The standard InChI is InChI=1S/C16H20ClN/c1-14-8-10-15(11-9-14)6-4-5-7-16(17)12-13-18(2)3/h4-5,7-13H,6H2,1-3H3/b5-4+,13-12-,16-7+. The van der Waals surface area contributed by atoms with Gasteiger partial charge in [-0.15, -0.1) is 0 Å². The second-order valence-electron chi connectivity index (χ2n) is 4.45. The van der Waals surface area contributed by atoms with Gasteiger partial charge in [-0.05, 0) is 37.3 Å². The molecule has 0 aliphatic heterocycles. The van der Waals surface area contributed by atoms with Crippen LogP contribution in [0.4, 0.5) is 0 Å². The van der Waals surface area contributed by atoms with Crippen molar-refractivity contribution >= 4 is 11.6 Å². The predicted molar refractivity (Wildman–Crippen MR) is 80.8 cm³/mol. The van der Waals surface area contributed by atoms with Gasteiger partial charge in [0.05, 0.1) is 0 Å². The van der Waals surface area contributed by atoms with Gasteiger partial charge < -0.3 is 4.90 Å². The highest BCUT2D eigenvalue weighted by molar-refractivity contribution is 6.31. The van der Waals surface area contributed by atoms with Crippen LogP contribution in [0.1, 0.15) is 11.1 Å². The molecule has 0 spiro atoms. The largest absolute Gasteiger partial charge is 0.383 e. The third-order valence-electron chi connectivity index (χ3n) is 2.40. The Labute approximate surface area is 115 Å². The SMILES string of the molecule is Cc1ccc(C/C=C/C=C(Cl)\C=C/N(C)C)cc1. The van der Waals surface area contributed by atoms with E-state index in [4.69, 9.17) is 11.6 Å². The van der Waals surface area contributed by atoms with E-state index in [-0.39, 0.29) is 0 Å². The van der Waals surface area contributed by atoms with E-state index in [0.29, 0.717) is 0 Å². The van der Waals surface area contributed by atoms with Crippen LogP contribution in [0.2, 0.25) is 0 Å². The third-order valence-corrected chi connectivity index (χ3v) is 2.65. The molecule has 0 saturated carbocycles. The van der Waals surface area contributed by atoms with E-state index in [0.717, 1.165) is 11.5 Å². The summed E-state index contributed by atoms with van der Waals surface area (Å²) in [5, 5.41) is 0.726. The number of hydrogen-bond donors (Lipinski definition) is 0. The Hall–Kier alpha value is -1.47. The van der Waals surface area contributed by atoms with Gasteiger partial charge in [0.1, 0.15) is 0 Å². The molecule has 0 aliphatic rings. The van der Waals surface area contributed by atoms with Crippen LogP contribution in [0.5, 0.6) is 0 Å². The lowest BCUT2D eigenvalue weighted by molar-refractivity contribution is 0.564. The summed E-state index contributed by atoms with van der Waals surface area (Å²) in [4.78, 5) is 1.95. The Morgan fingerprint density at radius 3 is 2.50 bits per heavy atom. The summed E-state index contributed by atoms with van der Waals surface area (Å²) in [5.41, 5.74) is 2.60. The molecule has 0 radical (unpaired) electrons. The van der Waals surface area contributed by atoms with Crippen molar-refractivity contribution in [3.8, 4) is 0 Å². The highest BCUT2D eigenvalue weighted by atomic mass is 35.5. The summed E-state index contributed by atoms with van der Waals surface area (Å²) in [6, 6.07) is 8.56. The maximum atomic E-state index is 6.02. The van der Waals surface area contributed by atoms with E-state index in [1.165, 1.54) is 11.1 Å². The molecule has 0 fully saturated rings. The maximum Gasteiger partial charge on any atom is 0.0420 e. The van der Waals surface area contributed by atoms with Gasteiger partial charge in [-0.25, -0.2) is 0 Å². The van der Waals surface area contributed by atoms with E-state index in [1.807, 2.05) is 43.4 Å². The minimum atomic E-state index is 0.726. The molecule has 0 amide bonds. The highest BCUT2D eigenvalue weighted by Crippen LogP contribution is 2.06. The summed E-state index contributed by atoms with van der Waals surface area (Å²) in [5.74, 6) is 0. The van der Waals surface area contributed by atoms with E-state index >= 15 is 0 Å². The lowest BCUT2D eigenvalue weighted by Crippen LogP contribution is -1.99. The van der Waals surface area contributed by atoms with Crippen molar-refractivity contribution in [2.24, 2.45) is 0 Å². The fourth-order valence-electron chi connectivity index (χ4n) is 1.36. The first-order chi connectivity index (χ1) is 8.58. The smallest absolute Gasteiger partial charge is 0.0420 e. The van der Waals surface area contributed by atoms with Gasteiger partial charge in [-0.1, -0.05) is 53.6 Å². The Balaban J connectivity index is 2.45. The molecule has 0 heterocycles. The molecule has 1 aromatic carbocycles. The molecular formula is C16H20ClN. The predicted octanol–water partition coefficient (Wildman–Crippen LogP) is 4.29. The molecule has 0 N–H and O–H groups in total. The number of halogens is 1. The zero-order valence-electron chi connectivity index (χ0n) is 11.2. The number of rotatable bonds is 5. The molecule has 1 aromatic rings. The molecular weight excluding hydrogens is 242 g/mol. The Bertz CT molecular complexity index is 439. The summed E-state index contributed by atoms with van der Waals surface area (Å²) in [6.45, 7) is 2.10. The van der Waals surface area contributed by atoms with Crippen LogP contribution in [0.15, 0.2) is 59.8 Å². The molecule has 96 valence electrons. The molecule has 18 heavy (non-hydrogen) atoms. The number of hydrogen-bond acceptors (Lipinski definition) is 1. The highest BCUT2D eigenvalue weighted by Gasteiger charge is 1.88. The Kier molecular flexibility index (Phi) is 6.31. The summed E-state index contributed by atoms with van der Waals surface area (Å²) in [6.07, 6.45) is 10.7. The van der Waals surface area contributed by atoms with E-state index < -0.39 is 0 Å². The van der Waals surface area contributed by atoms with Gasteiger partial charge in [0.25, 0.3) is 0 Å². The van der Waals surface area contributed by atoms with Gasteiger partial charge in [0.2, 0.25) is 0 Å². The summed E-state index contributed by atoms with van der Waals surface area (Å²) in [7, 11) is 3.93. The van der Waals surface area contributed by atoms with Gasteiger partial charge in [0, 0.05) is 19.1 Å². The zero-order chi connectivity index (χ0) is 13.4. The van der Waals surface area contributed by atoms with Crippen molar-refractivity contribution in [3.05, 3.63) is 70.9 Å². The Morgan fingerprint density at radius 2 is 1.89 bits per heavy atom. The molecule has 1 nitrogen and oxygen atoms in total. The van der Waals surface area contributed by atoms with E-state index in [1.54, 1.807) is 0 Å². The zero-order valence-corrected chi connectivity index (χ0v) is 12.0. The molecule has 2 heteroatoms. The van der Waals surface area contributed by atoms with Gasteiger partial charge in [-0.3, -0.25) is 0 Å². The molecule has 0 aromatic heterocycles. The summed E-state index contributed by atoms with van der Waals surface area (Å²) < 4.78 is 0. The van der Waals surface area contributed by atoms with Crippen LogP contribution >= 0.6 is 11.6 Å².